The third-order valence-electron chi connectivity index (χ3n) is 4.54. The summed E-state index contributed by atoms with van der Waals surface area (Å²) in [6.07, 6.45) is 5.00. The number of hydrogen-bond acceptors (Lipinski definition) is 3. The van der Waals surface area contributed by atoms with Gasteiger partial charge < -0.3 is 4.57 Å². The van der Waals surface area contributed by atoms with E-state index in [0.717, 1.165) is 17.1 Å². The van der Waals surface area contributed by atoms with Crippen LogP contribution in [0.2, 0.25) is 5.02 Å². The highest BCUT2D eigenvalue weighted by atomic mass is 35.5. The third kappa shape index (κ3) is 2.12. The second-order valence-corrected chi connectivity index (χ2v) is 8.14. The van der Waals surface area contributed by atoms with Crippen molar-refractivity contribution in [1.82, 2.24) is 8.87 Å². The summed E-state index contributed by atoms with van der Waals surface area (Å²) < 4.78 is 29.0. The summed E-state index contributed by atoms with van der Waals surface area (Å²) >= 11 is 6.02. The minimum Gasteiger partial charge on any atom is -0.311 e. The van der Waals surface area contributed by atoms with Gasteiger partial charge in [-0.15, -0.1) is 0 Å². The van der Waals surface area contributed by atoms with Crippen molar-refractivity contribution in [2.24, 2.45) is 0 Å². The van der Waals surface area contributed by atoms with Crippen molar-refractivity contribution in [3.8, 4) is 5.69 Å². The minimum atomic E-state index is -3.93. The van der Waals surface area contributed by atoms with E-state index in [1.165, 1.54) is 6.07 Å². The van der Waals surface area contributed by atoms with Crippen molar-refractivity contribution in [3.05, 3.63) is 47.2 Å². The molecule has 0 spiro atoms. The van der Waals surface area contributed by atoms with Crippen molar-refractivity contribution in [2.45, 2.75) is 36.6 Å². The number of fused-ring (bicyclic) bond motifs is 3. The van der Waals surface area contributed by atoms with Gasteiger partial charge in [0.1, 0.15) is 10.6 Å². The Balaban J connectivity index is 2.03. The molecule has 120 valence electrons. The lowest BCUT2D eigenvalue weighted by atomic mass is 10.2. The Morgan fingerprint density at radius 1 is 1.13 bits per heavy atom. The number of carbonyl (C=O) groups is 1. The first kappa shape index (κ1) is 14.8. The Labute approximate surface area is 139 Å². The van der Waals surface area contributed by atoms with Crippen LogP contribution in [0.5, 0.6) is 0 Å². The summed E-state index contributed by atoms with van der Waals surface area (Å²) in [6, 6.07) is 7.83. The van der Waals surface area contributed by atoms with Crippen LogP contribution < -0.4 is 0 Å². The number of nitrogens with zero attached hydrogens (tertiary/aromatic N) is 2. The molecule has 0 bridgehead atoms. The second-order valence-electron chi connectivity index (χ2n) is 5.92. The van der Waals surface area contributed by atoms with Crippen LogP contribution in [0.4, 0.5) is 0 Å². The van der Waals surface area contributed by atoms with Crippen molar-refractivity contribution in [2.75, 3.05) is 0 Å². The molecular weight excluding hydrogens is 336 g/mol. The highest BCUT2D eigenvalue weighted by Gasteiger charge is 2.42. The molecule has 2 aromatic rings. The number of amides is 1. The summed E-state index contributed by atoms with van der Waals surface area (Å²) in [5.74, 6) is -0.464. The Morgan fingerprint density at radius 2 is 1.87 bits per heavy atom. The van der Waals surface area contributed by atoms with E-state index in [9.17, 15) is 13.2 Å². The predicted octanol–water partition coefficient (Wildman–Crippen LogP) is 3.22. The van der Waals surface area contributed by atoms with Crippen LogP contribution in [0.3, 0.4) is 0 Å². The molecule has 23 heavy (non-hydrogen) atoms. The zero-order valence-electron chi connectivity index (χ0n) is 12.3. The van der Waals surface area contributed by atoms with E-state index < -0.39 is 15.9 Å². The van der Waals surface area contributed by atoms with Gasteiger partial charge >= 0.3 is 0 Å². The first-order valence-electron chi connectivity index (χ1n) is 7.56. The lowest BCUT2D eigenvalue weighted by Gasteiger charge is -2.26. The van der Waals surface area contributed by atoms with Gasteiger partial charge in [0.2, 0.25) is 0 Å². The highest BCUT2D eigenvalue weighted by Crippen LogP contribution is 2.36. The van der Waals surface area contributed by atoms with Crippen LogP contribution in [-0.4, -0.2) is 29.2 Å². The standard InChI is InChI=1S/C16H15ClN2O3S/c17-11-7-8-13-15(10-11)23(21,22)19(12-4-1-2-5-12)16(20)14-6-3-9-18(13)14/h3,6-10,12H,1-2,4-5H2. The van der Waals surface area contributed by atoms with Gasteiger partial charge in [0.25, 0.3) is 15.9 Å². The maximum atomic E-state index is 13.2. The molecule has 2 heterocycles. The Morgan fingerprint density at radius 3 is 2.61 bits per heavy atom. The van der Waals surface area contributed by atoms with Gasteiger partial charge in [-0.1, -0.05) is 24.4 Å². The summed E-state index contributed by atoms with van der Waals surface area (Å²) in [7, 11) is -3.93. The van der Waals surface area contributed by atoms with Gasteiger partial charge in [-0.2, -0.15) is 0 Å². The molecule has 2 aliphatic rings. The van der Waals surface area contributed by atoms with E-state index in [4.69, 9.17) is 11.6 Å². The zero-order valence-corrected chi connectivity index (χ0v) is 13.8. The molecule has 1 aromatic heterocycles. The van der Waals surface area contributed by atoms with Gasteiger partial charge in [0.15, 0.2) is 0 Å². The molecule has 7 heteroatoms. The Hall–Kier alpha value is -1.79. The molecule has 0 saturated heterocycles. The topological polar surface area (TPSA) is 59.4 Å². The van der Waals surface area contributed by atoms with E-state index in [2.05, 4.69) is 0 Å². The fourth-order valence-electron chi connectivity index (χ4n) is 3.49. The quantitative estimate of drug-likeness (QED) is 0.793. The van der Waals surface area contributed by atoms with E-state index in [0.29, 0.717) is 29.2 Å². The van der Waals surface area contributed by atoms with E-state index in [1.807, 2.05) is 0 Å². The first-order chi connectivity index (χ1) is 11.0. The fraction of sp³-hybridized carbons (Fsp3) is 0.312. The lowest BCUT2D eigenvalue weighted by Crippen LogP contribution is -2.42. The number of sulfonamides is 1. The second kappa shape index (κ2) is 5.11. The predicted molar refractivity (Wildman–Crippen MR) is 86.4 cm³/mol. The smallest absolute Gasteiger partial charge is 0.284 e. The molecule has 5 nitrogen and oxygen atoms in total. The monoisotopic (exact) mass is 350 g/mol. The first-order valence-corrected chi connectivity index (χ1v) is 9.38. The fourth-order valence-corrected chi connectivity index (χ4v) is 5.56. The molecule has 1 saturated carbocycles. The van der Waals surface area contributed by atoms with E-state index in [1.54, 1.807) is 35.0 Å². The average molecular weight is 351 g/mol. The number of benzene rings is 1. The third-order valence-corrected chi connectivity index (χ3v) is 6.64. The number of carbonyl (C=O) groups excluding carboxylic acids is 1. The SMILES string of the molecule is O=C1c2cccn2-c2ccc(Cl)cc2S(=O)(=O)N1C1CCCC1. The van der Waals surface area contributed by atoms with Crippen LogP contribution in [0.15, 0.2) is 41.4 Å². The molecule has 0 radical (unpaired) electrons. The molecule has 1 aromatic carbocycles. The van der Waals surface area contributed by atoms with Crippen LogP contribution in [0.1, 0.15) is 36.2 Å². The largest absolute Gasteiger partial charge is 0.311 e. The van der Waals surface area contributed by atoms with Gasteiger partial charge in [-0.3, -0.25) is 4.79 Å². The molecule has 1 fully saturated rings. The zero-order chi connectivity index (χ0) is 16.2. The maximum absolute atomic E-state index is 13.2. The molecular formula is C16H15ClN2O3S. The molecule has 0 atom stereocenters. The van der Waals surface area contributed by atoms with Crippen LogP contribution >= 0.6 is 11.6 Å². The van der Waals surface area contributed by atoms with Crippen LogP contribution in [-0.2, 0) is 10.0 Å². The van der Waals surface area contributed by atoms with Gasteiger partial charge in [-0.05, 0) is 43.2 Å². The van der Waals surface area contributed by atoms with Crippen LogP contribution in [0, 0.1) is 0 Å². The normalized spacial score (nSPS) is 20.2. The summed E-state index contributed by atoms with van der Waals surface area (Å²) in [4.78, 5) is 13.0. The summed E-state index contributed by atoms with van der Waals surface area (Å²) in [5, 5.41) is 0.335. The van der Waals surface area contributed by atoms with Crippen molar-refractivity contribution in [3.63, 3.8) is 0 Å². The molecule has 1 aliphatic carbocycles. The van der Waals surface area contributed by atoms with Crippen molar-refractivity contribution < 1.29 is 13.2 Å². The van der Waals surface area contributed by atoms with Gasteiger partial charge in [-0.25, -0.2) is 12.7 Å². The summed E-state index contributed by atoms with van der Waals surface area (Å²) in [5.41, 5.74) is 0.824. The number of hydrogen-bond donors (Lipinski definition) is 0. The molecule has 1 aliphatic heterocycles. The lowest BCUT2D eigenvalue weighted by molar-refractivity contribution is 0.0817. The maximum Gasteiger partial charge on any atom is 0.284 e. The number of aromatic nitrogens is 1. The average Bonchev–Trinajstić information content (AvgIpc) is 3.16. The molecule has 1 amide bonds. The highest BCUT2D eigenvalue weighted by molar-refractivity contribution is 7.89. The van der Waals surface area contributed by atoms with Gasteiger partial charge in [0.05, 0.1) is 5.69 Å². The molecule has 0 N–H and O–H groups in total. The number of rotatable bonds is 1. The molecule has 4 rings (SSSR count). The van der Waals surface area contributed by atoms with E-state index in [-0.39, 0.29) is 10.9 Å². The summed E-state index contributed by atoms with van der Waals surface area (Å²) in [6.45, 7) is 0. The minimum absolute atomic E-state index is 0.0835. The number of halogens is 1. The Bertz CT molecular complexity index is 898. The van der Waals surface area contributed by atoms with Crippen LogP contribution in [0.25, 0.3) is 5.69 Å². The Kier molecular flexibility index (Phi) is 3.28. The van der Waals surface area contributed by atoms with Crippen molar-refractivity contribution in [1.29, 1.82) is 0 Å². The molecule has 0 unspecified atom stereocenters. The van der Waals surface area contributed by atoms with E-state index >= 15 is 0 Å². The van der Waals surface area contributed by atoms with Gasteiger partial charge in [0, 0.05) is 17.3 Å². The van der Waals surface area contributed by atoms with Crippen molar-refractivity contribution >= 4 is 27.5 Å².